The Hall–Kier alpha value is -1.98. The van der Waals surface area contributed by atoms with E-state index in [0.717, 1.165) is 22.8 Å². The predicted octanol–water partition coefficient (Wildman–Crippen LogP) is 3.51. The van der Waals surface area contributed by atoms with Crippen LogP contribution in [0, 0.1) is 0 Å². The van der Waals surface area contributed by atoms with Crippen LogP contribution in [0.25, 0.3) is 0 Å². The van der Waals surface area contributed by atoms with Gasteiger partial charge in [0.1, 0.15) is 5.75 Å². The summed E-state index contributed by atoms with van der Waals surface area (Å²) in [7, 11) is 0. The van der Waals surface area contributed by atoms with Crippen molar-refractivity contribution in [2.75, 3.05) is 12.9 Å². The second-order valence-electron chi connectivity index (χ2n) is 5.42. The molecule has 0 fully saturated rings. The van der Waals surface area contributed by atoms with Gasteiger partial charge in [0.05, 0.1) is 11.9 Å². The average Bonchev–Trinajstić information content (AvgIpc) is 2.62. The van der Waals surface area contributed by atoms with Gasteiger partial charge in [-0.05, 0) is 48.1 Å². The third-order valence-electron chi connectivity index (χ3n) is 3.70. The third-order valence-corrected chi connectivity index (χ3v) is 4.90. The van der Waals surface area contributed by atoms with Crippen LogP contribution >= 0.6 is 23.4 Å². The summed E-state index contributed by atoms with van der Waals surface area (Å²) in [6, 6.07) is 15.4. The molecule has 0 aromatic heterocycles. The van der Waals surface area contributed by atoms with Gasteiger partial charge in [-0.15, -0.1) is 0 Å². The Morgan fingerprint density at radius 1 is 1.16 bits per heavy atom. The van der Waals surface area contributed by atoms with Gasteiger partial charge in [-0.1, -0.05) is 35.9 Å². The molecule has 1 atom stereocenters. The molecule has 0 heterocycles. The zero-order valence-corrected chi connectivity index (χ0v) is 15.5. The smallest absolute Gasteiger partial charge is 0.239 e. The van der Waals surface area contributed by atoms with Crippen LogP contribution in [-0.2, 0) is 22.4 Å². The minimum absolute atomic E-state index is 0.272. The van der Waals surface area contributed by atoms with E-state index in [4.69, 9.17) is 16.3 Å². The Bertz CT molecular complexity index is 689. The second-order valence-corrected chi connectivity index (χ2v) is 6.90. The standard InChI is InChI=1S/C19H20ClNO3S/c1-25-18(19(23)21-13-22)12-15-4-8-17(9-5-15)24-11-10-14-2-6-16(20)7-3-14/h2-9,13,18H,10-12H2,1H3,(H,21,22,23). The first-order chi connectivity index (χ1) is 12.1. The molecular weight excluding hydrogens is 358 g/mol. The van der Waals surface area contributed by atoms with Crippen molar-refractivity contribution in [3.8, 4) is 5.75 Å². The van der Waals surface area contributed by atoms with Gasteiger partial charge in [0, 0.05) is 11.4 Å². The molecule has 0 spiro atoms. The van der Waals surface area contributed by atoms with Gasteiger partial charge in [0.15, 0.2) is 0 Å². The van der Waals surface area contributed by atoms with Gasteiger partial charge >= 0.3 is 0 Å². The zero-order valence-electron chi connectivity index (χ0n) is 13.9. The van der Waals surface area contributed by atoms with Crippen LogP contribution in [0.1, 0.15) is 11.1 Å². The summed E-state index contributed by atoms with van der Waals surface area (Å²) in [6.07, 6.45) is 3.64. The third kappa shape index (κ3) is 6.44. The monoisotopic (exact) mass is 377 g/mol. The molecule has 6 heteroatoms. The Morgan fingerprint density at radius 3 is 2.40 bits per heavy atom. The van der Waals surface area contributed by atoms with Crippen molar-refractivity contribution in [3.05, 3.63) is 64.7 Å². The largest absolute Gasteiger partial charge is 0.493 e. The van der Waals surface area contributed by atoms with E-state index in [1.807, 2.05) is 54.8 Å². The van der Waals surface area contributed by atoms with Gasteiger partial charge in [-0.3, -0.25) is 14.9 Å². The highest BCUT2D eigenvalue weighted by Gasteiger charge is 2.17. The topological polar surface area (TPSA) is 55.4 Å². The number of nitrogens with one attached hydrogen (secondary N) is 1. The average molecular weight is 378 g/mol. The normalized spacial score (nSPS) is 11.6. The quantitative estimate of drug-likeness (QED) is 0.679. The van der Waals surface area contributed by atoms with Crippen LogP contribution in [0.3, 0.4) is 0 Å². The molecule has 0 aliphatic rings. The maximum Gasteiger partial charge on any atom is 0.239 e. The molecule has 4 nitrogen and oxygen atoms in total. The lowest BCUT2D eigenvalue weighted by Crippen LogP contribution is -2.32. The Labute approximate surface area is 156 Å². The summed E-state index contributed by atoms with van der Waals surface area (Å²) >= 11 is 7.28. The van der Waals surface area contributed by atoms with Crippen molar-refractivity contribution in [3.63, 3.8) is 0 Å². The number of thioether (sulfide) groups is 1. The van der Waals surface area contributed by atoms with E-state index < -0.39 is 0 Å². The maximum atomic E-state index is 11.7. The van der Waals surface area contributed by atoms with E-state index in [-0.39, 0.29) is 11.2 Å². The number of hydrogen-bond donors (Lipinski definition) is 1. The molecule has 0 radical (unpaired) electrons. The molecule has 2 aromatic carbocycles. The van der Waals surface area contributed by atoms with Crippen molar-refractivity contribution < 1.29 is 14.3 Å². The van der Waals surface area contributed by atoms with Crippen LogP contribution in [0.5, 0.6) is 5.75 Å². The van der Waals surface area contributed by atoms with Crippen LogP contribution < -0.4 is 10.1 Å². The number of carbonyl (C=O) groups is 2. The first-order valence-electron chi connectivity index (χ1n) is 7.85. The summed E-state index contributed by atoms with van der Waals surface area (Å²) in [5.74, 6) is 0.515. The van der Waals surface area contributed by atoms with Crippen molar-refractivity contribution in [2.24, 2.45) is 0 Å². The maximum absolute atomic E-state index is 11.7. The lowest BCUT2D eigenvalue weighted by atomic mass is 10.1. The van der Waals surface area contributed by atoms with Crippen LogP contribution in [0.4, 0.5) is 0 Å². The minimum atomic E-state index is -0.290. The van der Waals surface area contributed by atoms with Crippen molar-refractivity contribution in [2.45, 2.75) is 18.1 Å². The molecule has 0 bridgehead atoms. The molecule has 0 aliphatic heterocycles. The van der Waals surface area contributed by atoms with Gasteiger partial charge in [-0.25, -0.2) is 0 Å². The number of imide groups is 1. The number of amides is 2. The van der Waals surface area contributed by atoms with E-state index in [1.165, 1.54) is 17.3 Å². The van der Waals surface area contributed by atoms with Crippen LogP contribution in [0.15, 0.2) is 48.5 Å². The van der Waals surface area contributed by atoms with Crippen molar-refractivity contribution >= 4 is 35.7 Å². The molecule has 2 aromatic rings. The highest BCUT2D eigenvalue weighted by atomic mass is 35.5. The molecule has 1 N–H and O–H groups in total. The SMILES string of the molecule is CSC(Cc1ccc(OCCc2ccc(Cl)cc2)cc1)C(=O)NC=O. The van der Waals surface area contributed by atoms with Gasteiger partial charge < -0.3 is 4.74 Å². The predicted molar refractivity (Wildman–Crippen MR) is 102 cm³/mol. The number of hydrogen-bond acceptors (Lipinski definition) is 4. The van der Waals surface area contributed by atoms with E-state index >= 15 is 0 Å². The van der Waals surface area contributed by atoms with Gasteiger partial charge in [0.25, 0.3) is 0 Å². The van der Waals surface area contributed by atoms with Gasteiger partial charge in [-0.2, -0.15) is 11.8 Å². The Kier molecular flexibility index (Phi) is 7.82. The number of rotatable bonds is 9. The lowest BCUT2D eigenvalue weighted by Gasteiger charge is -2.13. The Balaban J connectivity index is 1.83. The second kappa shape index (κ2) is 10.1. The number of benzene rings is 2. The van der Waals surface area contributed by atoms with Crippen LogP contribution in [-0.4, -0.2) is 30.4 Å². The summed E-state index contributed by atoms with van der Waals surface area (Å²) in [5, 5.41) is 2.64. The molecule has 132 valence electrons. The fraction of sp³-hybridized carbons (Fsp3) is 0.263. The van der Waals surface area contributed by atoms with E-state index in [1.54, 1.807) is 0 Å². The highest BCUT2D eigenvalue weighted by Crippen LogP contribution is 2.18. The number of carbonyl (C=O) groups excluding carboxylic acids is 2. The molecular formula is C19H20ClNO3S. The lowest BCUT2D eigenvalue weighted by molar-refractivity contribution is -0.124. The fourth-order valence-corrected chi connectivity index (χ4v) is 3.07. The van der Waals surface area contributed by atoms with E-state index in [2.05, 4.69) is 5.32 Å². The molecule has 0 saturated heterocycles. The molecule has 2 amide bonds. The van der Waals surface area contributed by atoms with Crippen LogP contribution in [0.2, 0.25) is 5.02 Å². The van der Waals surface area contributed by atoms with Crippen molar-refractivity contribution in [1.82, 2.24) is 5.32 Å². The Morgan fingerprint density at radius 2 is 1.80 bits per heavy atom. The number of halogens is 1. The molecule has 25 heavy (non-hydrogen) atoms. The fourth-order valence-electron chi connectivity index (χ4n) is 2.31. The number of ether oxygens (including phenoxy) is 1. The van der Waals surface area contributed by atoms with Crippen molar-refractivity contribution in [1.29, 1.82) is 0 Å². The molecule has 1 unspecified atom stereocenters. The molecule has 0 saturated carbocycles. The minimum Gasteiger partial charge on any atom is -0.493 e. The first-order valence-corrected chi connectivity index (χ1v) is 9.52. The summed E-state index contributed by atoms with van der Waals surface area (Å²) < 4.78 is 5.75. The summed E-state index contributed by atoms with van der Waals surface area (Å²) in [5.41, 5.74) is 2.19. The van der Waals surface area contributed by atoms with E-state index in [9.17, 15) is 9.59 Å². The summed E-state index contributed by atoms with van der Waals surface area (Å²) in [4.78, 5) is 22.1. The van der Waals surface area contributed by atoms with E-state index in [0.29, 0.717) is 19.4 Å². The zero-order chi connectivity index (χ0) is 18.1. The molecule has 0 aliphatic carbocycles. The van der Waals surface area contributed by atoms with Gasteiger partial charge in [0.2, 0.25) is 12.3 Å². The summed E-state index contributed by atoms with van der Waals surface area (Å²) in [6.45, 7) is 0.580. The molecule has 2 rings (SSSR count). The first kappa shape index (κ1) is 19.3. The highest BCUT2D eigenvalue weighted by molar-refractivity contribution is 7.99.